The van der Waals surface area contributed by atoms with Gasteiger partial charge in [-0.05, 0) is 30.9 Å². The first kappa shape index (κ1) is 12.6. The van der Waals surface area contributed by atoms with Crippen molar-refractivity contribution in [2.24, 2.45) is 0 Å². The van der Waals surface area contributed by atoms with Crippen molar-refractivity contribution in [2.75, 3.05) is 6.61 Å². The zero-order chi connectivity index (χ0) is 12.1. The lowest BCUT2D eigenvalue weighted by atomic mass is 9.89. The first-order valence-electron chi connectivity index (χ1n) is 6.35. The lowest BCUT2D eigenvalue weighted by Gasteiger charge is -2.35. The monoisotopic (exact) mass is 235 g/mol. The molecular formula is C14H21NO2. The lowest BCUT2D eigenvalue weighted by Crippen LogP contribution is -2.45. The number of rotatable bonds is 6. The molecular weight excluding hydrogens is 214 g/mol. The summed E-state index contributed by atoms with van der Waals surface area (Å²) in [6, 6.07) is 8.68. The highest BCUT2D eigenvalue weighted by molar-refractivity contribution is 5.21. The van der Waals surface area contributed by atoms with Crippen molar-refractivity contribution in [3.05, 3.63) is 35.4 Å². The minimum Gasteiger partial charge on any atom is -0.392 e. The maximum Gasteiger partial charge on any atom is 0.0681 e. The van der Waals surface area contributed by atoms with Crippen LogP contribution in [0.2, 0.25) is 0 Å². The average Bonchev–Trinajstić information content (AvgIpc) is 2.32. The molecule has 0 atom stereocenters. The summed E-state index contributed by atoms with van der Waals surface area (Å²) < 4.78 is 5.52. The summed E-state index contributed by atoms with van der Waals surface area (Å²) in [5.41, 5.74) is 2.23. The molecule has 0 aliphatic heterocycles. The normalized spacial score (nSPS) is 23.4. The molecule has 3 nitrogen and oxygen atoms in total. The van der Waals surface area contributed by atoms with E-state index in [-0.39, 0.29) is 6.61 Å². The summed E-state index contributed by atoms with van der Waals surface area (Å²) in [6.45, 7) is 3.88. The molecule has 1 fully saturated rings. The zero-order valence-electron chi connectivity index (χ0n) is 10.4. The van der Waals surface area contributed by atoms with Gasteiger partial charge in [-0.25, -0.2) is 0 Å². The Kier molecular flexibility index (Phi) is 4.54. The number of hydrogen-bond donors (Lipinski definition) is 2. The van der Waals surface area contributed by atoms with Gasteiger partial charge in [-0.2, -0.15) is 0 Å². The fourth-order valence-electron chi connectivity index (χ4n) is 2.13. The first-order chi connectivity index (χ1) is 8.31. The third kappa shape index (κ3) is 3.53. The number of aliphatic hydroxyl groups excluding tert-OH is 1. The number of aliphatic hydroxyl groups is 1. The molecule has 1 aromatic rings. The highest BCUT2D eigenvalue weighted by Crippen LogP contribution is 2.23. The Bertz CT molecular complexity index is 331. The molecule has 0 unspecified atom stereocenters. The van der Waals surface area contributed by atoms with Crippen molar-refractivity contribution in [3.63, 3.8) is 0 Å². The summed E-state index contributed by atoms with van der Waals surface area (Å²) in [5, 5.41) is 12.5. The van der Waals surface area contributed by atoms with E-state index in [4.69, 9.17) is 9.84 Å². The van der Waals surface area contributed by atoms with E-state index in [1.165, 1.54) is 5.56 Å². The van der Waals surface area contributed by atoms with E-state index in [2.05, 4.69) is 17.4 Å². The predicted octanol–water partition coefficient (Wildman–Crippen LogP) is 1.84. The van der Waals surface area contributed by atoms with Gasteiger partial charge >= 0.3 is 0 Å². The van der Waals surface area contributed by atoms with Crippen LogP contribution in [0.4, 0.5) is 0 Å². The Labute approximate surface area is 103 Å². The fraction of sp³-hybridized carbons (Fsp3) is 0.571. The molecule has 1 aliphatic carbocycles. The van der Waals surface area contributed by atoms with Crippen LogP contribution in [-0.2, 0) is 17.9 Å². The number of hydrogen-bond acceptors (Lipinski definition) is 3. The lowest BCUT2D eigenvalue weighted by molar-refractivity contribution is -0.0102. The minimum absolute atomic E-state index is 0.117. The molecule has 2 N–H and O–H groups in total. The zero-order valence-corrected chi connectivity index (χ0v) is 10.4. The first-order valence-corrected chi connectivity index (χ1v) is 6.35. The van der Waals surface area contributed by atoms with E-state index in [1.54, 1.807) is 0 Å². The Morgan fingerprint density at radius 2 is 1.88 bits per heavy atom. The van der Waals surface area contributed by atoms with E-state index in [0.29, 0.717) is 12.1 Å². The largest absolute Gasteiger partial charge is 0.392 e. The highest BCUT2D eigenvalue weighted by atomic mass is 16.5. The smallest absolute Gasteiger partial charge is 0.0681 e. The Balaban J connectivity index is 1.68. The van der Waals surface area contributed by atoms with Gasteiger partial charge in [0.2, 0.25) is 0 Å². The van der Waals surface area contributed by atoms with Crippen LogP contribution in [0.25, 0.3) is 0 Å². The van der Waals surface area contributed by atoms with Gasteiger partial charge in [0.1, 0.15) is 0 Å². The van der Waals surface area contributed by atoms with Crippen molar-refractivity contribution in [2.45, 2.75) is 45.1 Å². The van der Waals surface area contributed by atoms with E-state index >= 15 is 0 Å². The Hall–Kier alpha value is -0.900. The molecule has 1 aliphatic rings. The van der Waals surface area contributed by atoms with Crippen LogP contribution in [-0.4, -0.2) is 23.9 Å². The van der Waals surface area contributed by atoms with Gasteiger partial charge in [-0.3, -0.25) is 0 Å². The number of nitrogens with one attached hydrogen (secondary N) is 1. The van der Waals surface area contributed by atoms with Crippen molar-refractivity contribution in [1.29, 1.82) is 0 Å². The van der Waals surface area contributed by atoms with Crippen LogP contribution in [0.3, 0.4) is 0 Å². The summed E-state index contributed by atoms with van der Waals surface area (Å²) in [6.07, 6.45) is 2.72. The van der Waals surface area contributed by atoms with Gasteiger partial charge in [0.05, 0.1) is 12.7 Å². The second kappa shape index (κ2) is 6.15. The molecule has 1 aromatic carbocycles. The van der Waals surface area contributed by atoms with Gasteiger partial charge in [0.25, 0.3) is 0 Å². The number of benzene rings is 1. The van der Waals surface area contributed by atoms with Crippen molar-refractivity contribution < 1.29 is 9.84 Å². The van der Waals surface area contributed by atoms with Gasteiger partial charge in [-0.15, -0.1) is 0 Å². The van der Waals surface area contributed by atoms with Gasteiger partial charge in [-0.1, -0.05) is 24.3 Å². The topological polar surface area (TPSA) is 41.5 Å². The predicted molar refractivity (Wildman–Crippen MR) is 67.6 cm³/mol. The average molecular weight is 235 g/mol. The molecule has 0 radical (unpaired) electrons. The fourth-order valence-corrected chi connectivity index (χ4v) is 2.13. The Morgan fingerprint density at radius 1 is 1.24 bits per heavy atom. The third-order valence-electron chi connectivity index (χ3n) is 3.30. The molecule has 17 heavy (non-hydrogen) atoms. The maximum atomic E-state index is 8.94. The molecule has 0 spiro atoms. The molecule has 2 rings (SSSR count). The maximum absolute atomic E-state index is 8.94. The van der Waals surface area contributed by atoms with Crippen molar-refractivity contribution in [1.82, 2.24) is 5.32 Å². The highest BCUT2D eigenvalue weighted by Gasteiger charge is 2.28. The van der Waals surface area contributed by atoms with Crippen LogP contribution in [0.15, 0.2) is 24.3 Å². The molecule has 0 aromatic heterocycles. The van der Waals surface area contributed by atoms with E-state index in [0.717, 1.165) is 31.6 Å². The van der Waals surface area contributed by atoms with Gasteiger partial charge in [0, 0.05) is 19.2 Å². The van der Waals surface area contributed by atoms with Gasteiger partial charge in [0.15, 0.2) is 0 Å². The number of ether oxygens (including phenoxy) is 1. The molecule has 0 saturated heterocycles. The van der Waals surface area contributed by atoms with Crippen molar-refractivity contribution >= 4 is 0 Å². The quantitative estimate of drug-likeness (QED) is 0.790. The van der Waals surface area contributed by atoms with E-state index in [1.807, 2.05) is 19.1 Å². The summed E-state index contributed by atoms with van der Waals surface area (Å²) in [4.78, 5) is 0. The van der Waals surface area contributed by atoms with Crippen LogP contribution in [0, 0.1) is 0 Å². The second-order valence-electron chi connectivity index (χ2n) is 4.60. The molecule has 0 heterocycles. The van der Waals surface area contributed by atoms with Crippen LogP contribution in [0.1, 0.15) is 30.9 Å². The molecule has 1 saturated carbocycles. The minimum atomic E-state index is 0.117. The van der Waals surface area contributed by atoms with Crippen LogP contribution in [0.5, 0.6) is 0 Å². The molecule has 94 valence electrons. The Morgan fingerprint density at radius 3 is 2.47 bits per heavy atom. The van der Waals surface area contributed by atoms with Crippen LogP contribution >= 0.6 is 0 Å². The summed E-state index contributed by atoms with van der Waals surface area (Å²) in [7, 11) is 0. The third-order valence-corrected chi connectivity index (χ3v) is 3.30. The molecule has 0 bridgehead atoms. The molecule has 0 amide bonds. The van der Waals surface area contributed by atoms with Crippen LogP contribution < -0.4 is 5.32 Å². The van der Waals surface area contributed by atoms with Gasteiger partial charge < -0.3 is 15.2 Å². The summed E-state index contributed by atoms with van der Waals surface area (Å²) >= 11 is 0. The van der Waals surface area contributed by atoms with E-state index in [9.17, 15) is 0 Å². The SMILES string of the molecule is CCOC1CC(NCc2ccc(CO)cc2)C1. The van der Waals surface area contributed by atoms with E-state index < -0.39 is 0 Å². The molecule has 3 heteroatoms. The standard InChI is InChI=1S/C14H21NO2/c1-2-17-14-7-13(8-14)15-9-11-3-5-12(10-16)6-4-11/h3-6,13-16H,2,7-10H2,1H3. The van der Waals surface area contributed by atoms with Crippen molar-refractivity contribution in [3.8, 4) is 0 Å². The second-order valence-corrected chi connectivity index (χ2v) is 4.60. The summed E-state index contributed by atoms with van der Waals surface area (Å²) in [5.74, 6) is 0.